The molecule has 0 aliphatic heterocycles. The van der Waals surface area contributed by atoms with Crippen LogP contribution in [0.25, 0.3) is 0 Å². The molecule has 1 fully saturated rings. The van der Waals surface area contributed by atoms with Crippen LogP contribution in [0, 0.1) is 5.92 Å². The largest absolute Gasteiger partial charge is 0.468 e. The van der Waals surface area contributed by atoms with Crippen LogP contribution in [0.3, 0.4) is 0 Å². The van der Waals surface area contributed by atoms with Crippen LogP contribution in [-0.4, -0.2) is 37.1 Å². The van der Waals surface area contributed by atoms with Gasteiger partial charge >= 0.3 is 5.97 Å². The maximum Gasteiger partial charge on any atom is 0.319 e. The van der Waals surface area contributed by atoms with Crippen molar-refractivity contribution in [3.8, 4) is 0 Å². The Hall–Kier alpha value is -0.570. The fraction of sp³-hybridized carbons (Fsp3) is 0.900. The fourth-order valence-electron chi connectivity index (χ4n) is 1.32. The van der Waals surface area contributed by atoms with E-state index in [0.29, 0.717) is 12.6 Å². The van der Waals surface area contributed by atoms with E-state index in [1.807, 2.05) is 0 Å². The molecule has 76 valence electrons. The zero-order valence-corrected chi connectivity index (χ0v) is 8.75. The Kier molecular flexibility index (Phi) is 3.72. The van der Waals surface area contributed by atoms with Crippen molar-refractivity contribution in [2.24, 2.45) is 5.92 Å². The third-order valence-corrected chi connectivity index (χ3v) is 2.48. The lowest BCUT2D eigenvalue weighted by Crippen LogP contribution is -2.37. The molecule has 0 atom stereocenters. The van der Waals surface area contributed by atoms with Gasteiger partial charge in [0, 0.05) is 12.6 Å². The first kappa shape index (κ1) is 10.5. The van der Waals surface area contributed by atoms with Crippen molar-refractivity contribution < 1.29 is 9.53 Å². The van der Waals surface area contributed by atoms with E-state index in [2.05, 4.69) is 23.5 Å². The molecule has 0 aromatic carbocycles. The highest BCUT2D eigenvalue weighted by molar-refractivity contribution is 5.71. The predicted octanol–water partition coefficient (Wildman–Crippen LogP) is 1.28. The molecule has 1 saturated carbocycles. The molecule has 1 aliphatic carbocycles. The van der Waals surface area contributed by atoms with Crippen molar-refractivity contribution in [2.75, 3.05) is 20.2 Å². The van der Waals surface area contributed by atoms with E-state index in [1.54, 1.807) is 0 Å². The van der Waals surface area contributed by atoms with E-state index in [0.717, 1.165) is 12.5 Å². The van der Waals surface area contributed by atoms with Crippen molar-refractivity contribution in [1.29, 1.82) is 0 Å². The van der Waals surface area contributed by atoms with Gasteiger partial charge in [-0.3, -0.25) is 9.69 Å². The standard InChI is InChI=1S/C10H19NO2/c1-8(2)11(6-9-4-5-9)7-10(12)13-3/h8-9H,4-7H2,1-3H3. The van der Waals surface area contributed by atoms with Gasteiger partial charge in [0.25, 0.3) is 0 Å². The fourth-order valence-corrected chi connectivity index (χ4v) is 1.32. The lowest BCUT2D eigenvalue weighted by molar-refractivity contribution is -0.142. The minimum atomic E-state index is -0.130. The summed E-state index contributed by atoms with van der Waals surface area (Å²) in [5, 5.41) is 0. The molecule has 0 aromatic rings. The number of methoxy groups -OCH3 is 1. The average Bonchev–Trinajstić information content (AvgIpc) is 2.86. The molecule has 0 radical (unpaired) electrons. The van der Waals surface area contributed by atoms with Crippen molar-refractivity contribution in [1.82, 2.24) is 4.90 Å². The SMILES string of the molecule is COC(=O)CN(CC1CC1)C(C)C. The molecule has 13 heavy (non-hydrogen) atoms. The van der Waals surface area contributed by atoms with E-state index >= 15 is 0 Å². The number of esters is 1. The van der Waals surface area contributed by atoms with Gasteiger partial charge in [0.1, 0.15) is 0 Å². The second kappa shape index (κ2) is 4.61. The molecule has 0 amide bonds. The first-order valence-corrected chi connectivity index (χ1v) is 4.94. The average molecular weight is 185 g/mol. The van der Waals surface area contributed by atoms with E-state index < -0.39 is 0 Å². The predicted molar refractivity (Wildman–Crippen MR) is 51.4 cm³/mol. The molecular formula is C10H19NO2. The highest BCUT2D eigenvalue weighted by Gasteiger charge is 2.26. The summed E-state index contributed by atoms with van der Waals surface area (Å²) in [7, 11) is 1.44. The van der Waals surface area contributed by atoms with Crippen LogP contribution < -0.4 is 0 Å². The lowest BCUT2D eigenvalue weighted by atomic mass is 10.2. The van der Waals surface area contributed by atoms with E-state index in [9.17, 15) is 4.79 Å². The van der Waals surface area contributed by atoms with Gasteiger partial charge in [-0.25, -0.2) is 0 Å². The maximum absolute atomic E-state index is 11.1. The number of rotatable bonds is 5. The third kappa shape index (κ3) is 3.77. The van der Waals surface area contributed by atoms with Crippen LogP contribution in [0.5, 0.6) is 0 Å². The molecule has 0 aromatic heterocycles. The summed E-state index contributed by atoms with van der Waals surface area (Å²) < 4.78 is 4.65. The summed E-state index contributed by atoms with van der Waals surface area (Å²) in [6, 6.07) is 0.430. The Bertz CT molecular complexity index is 176. The summed E-state index contributed by atoms with van der Waals surface area (Å²) in [6.07, 6.45) is 2.65. The van der Waals surface area contributed by atoms with Crippen LogP contribution in [0.15, 0.2) is 0 Å². The van der Waals surface area contributed by atoms with Crippen LogP contribution in [0.2, 0.25) is 0 Å². The van der Waals surface area contributed by atoms with E-state index in [4.69, 9.17) is 0 Å². The lowest BCUT2D eigenvalue weighted by Gasteiger charge is -2.24. The molecule has 1 rings (SSSR count). The Labute approximate surface area is 80.1 Å². The van der Waals surface area contributed by atoms with Gasteiger partial charge < -0.3 is 4.74 Å². The highest BCUT2D eigenvalue weighted by Crippen LogP contribution is 2.30. The topological polar surface area (TPSA) is 29.5 Å². The highest BCUT2D eigenvalue weighted by atomic mass is 16.5. The molecule has 0 heterocycles. The molecule has 1 aliphatic rings. The van der Waals surface area contributed by atoms with E-state index in [1.165, 1.54) is 20.0 Å². The first-order valence-electron chi connectivity index (χ1n) is 4.94. The number of hydrogen-bond acceptors (Lipinski definition) is 3. The van der Waals surface area contributed by atoms with Gasteiger partial charge in [0.2, 0.25) is 0 Å². The molecule has 0 N–H and O–H groups in total. The Morgan fingerprint density at radius 3 is 2.54 bits per heavy atom. The van der Waals surface area contributed by atoms with Crippen molar-refractivity contribution in [2.45, 2.75) is 32.7 Å². The van der Waals surface area contributed by atoms with Gasteiger partial charge in [-0.15, -0.1) is 0 Å². The summed E-state index contributed by atoms with van der Waals surface area (Å²) in [4.78, 5) is 13.2. The second-order valence-electron chi connectivity index (χ2n) is 4.04. The third-order valence-electron chi connectivity index (χ3n) is 2.48. The zero-order valence-electron chi connectivity index (χ0n) is 8.75. The number of carbonyl (C=O) groups is 1. The smallest absolute Gasteiger partial charge is 0.319 e. The van der Waals surface area contributed by atoms with Crippen molar-refractivity contribution in [3.05, 3.63) is 0 Å². The molecule has 0 saturated heterocycles. The zero-order chi connectivity index (χ0) is 9.84. The molecule has 3 heteroatoms. The van der Waals surface area contributed by atoms with Crippen molar-refractivity contribution >= 4 is 5.97 Å². The maximum atomic E-state index is 11.1. The number of nitrogens with zero attached hydrogens (tertiary/aromatic N) is 1. The number of carbonyl (C=O) groups excluding carboxylic acids is 1. The monoisotopic (exact) mass is 185 g/mol. The Morgan fingerprint density at radius 2 is 2.15 bits per heavy atom. The quantitative estimate of drug-likeness (QED) is 0.604. The summed E-state index contributed by atoms with van der Waals surface area (Å²) in [5.74, 6) is 0.696. The van der Waals surface area contributed by atoms with Crippen LogP contribution in [0.1, 0.15) is 26.7 Å². The van der Waals surface area contributed by atoms with Gasteiger partial charge in [0.15, 0.2) is 0 Å². The molecular weight excluding hydrogens is 166 g/mol. The van der Waals surface area contributed by atoms with E-state index in [-0.39, 0.29) is 5.97 Å². The van der Waals surface area contributed by atoms with Crippen molar-refractivity contribution in [3.63, 3.8) is 0 Å². The van der Waals surface area contributed by atoms with Crippen LogP contribution >= 0.6 is 0 Å². The summed E-state index contributed by atoms with van der Waals surface area (Å²) in [5.41, 5.74) is 0. The van der Waals surface area contributed by atoms with Crippen LogP contribution in [-0.2, 0) is 9.53 Å². The second-order valence-corrected chi connectivity index (χ2v) is 4.04. The summed E-state index contributed by atoms with van der Waals surface area (Å²) >= 11 is 0. The first-order chi connectivity index (χ1) is 6.13. The number of hydrogen-bond donors (Lipinski definition) is 0. The van der Waals surface area contributed by atoms with Gasteiger partial charge in [-0.2, -0.15) is 0 Å². The molecule has 3 nitrogen and oxygen atoms in total. The molecule has 0 unspecified atom stereocenters. The number of ether oxygens (including phenoxy) is 1. The summed E-state index contributed by atoms with van der Waals surface area (Å²) in [6.45, 7) is 5.72. The van der Waals surface area contributed by atoms with Gasteiger partial charge in [-0.1, -0.05) is 0 Å². The van der Waals surface area contributed by atoms with Gasteiger partial charge in [-0.05, 0) is 32.6 Å². The van der Waals surface area contributed by atoms with Gasteiger partial charge in [0.05, 0.1) is 13.7 Å². The minimum Gasteiger partial charge on any atom is -0.468 e. The molecule has 0 spiro atoms. The minimum absolute atomic E-state index is 0.130. The van der Waals surface area contributed by atoms with Crippen LogP contribution in [0.4, 0.5) is 0 Å². The molecule has 0 bridgehead atoms. The Morgan fingerprint density at radius 1 is 1.54 bits per heavy atom. The Balaban J connectivity index is 2.31. The normalized spacial score (nSPS) is 16.7.